The lowest BCUT2D eigenvalue weighted by Crippen LogP contribution is -2.52. The molecule has 0 radical (unpaired) electrons. The Balaban J connectivity index is 1.33. The predicted octanol–water partition coefficient (Wildman–Crippen LogP) is 6.26. The molecule has 1 unspecified atom stereocenters. The number of carbonyl (C=O) groups is 2. The van der Waals surface area contributed by atoms with Crippen LogP contribution in [0.2, 0.25) is 0 Å². The molecule has 6 heteroatoms. The van der Waals surface area contributed by atoms with Crippen LogP contribution in [0.3, 0.4) is 0 Å². The monoisotopic (exact) mass is 526 g/mol. The van der Waals surface area contributed by atoms with E-state index in [4.69, 9.17) is 9.47 Å². The van der Waals surface area contributed by atoms with E-state index in [1.807, 2.05) is 42.2 Å². The van der Waals surface area contributed by atoms with Crippen LogP contribution in [0.1, 0.15) is 70.4 Å². The van der Waals surface area contributed by atoms with Gasteiger partial charge >= 0.3 is 0 Å². The van der Waals surface area contributed by atoms with E-state index >= 15 is 0 Å². The van der Waals surface area contributed by atoms with Crippen molar-refractivity contribution >= 4 is 11.7 Å². The summed E-state index contributed by atoms with van der Waals surface area (Å²) in [5.74, 6) is -1.31. The molecule has 0 aliphatic carbocycles. The van der Waals surface area contributed by atoms with Gasteiger partial charge in [-0.25, -0.2) is 0 Å². The highest BCUT2D eigenvalue weighted by Gasteiger charge is 2.53. The lowest BCUT2D eigenvalue weighted by atomic mass is 9.84. The number of carbonyl (C=O) groups excluding carboxylic acids is 2. The Hall–Kier alpha value is -3.35. The van der Waals surface area contributed by atoms with Crippen LogP contribution in [0.25, 0.3) is 11.1 Å². The van der Waals surface area contributed by atoms with Gasteiger partial charge in [0, 0.05) is 25.4 Å². The van der Waals surface area contributed by atoms with Crippen molar-refractivity contribution in [3.63, 3.8) is 0 Å². The van der Waals surface area contributed by atoms with Crippen molar-refractivity contribution in [3.05, 3.63) is 90.3 Å². The molecule has 2 saturated heterocycles. The molecule has 1 aromatic heterocycles. The Morgan fingerprint density at radius 2 is 1.59 bits per heavy atom. The highest BCUT2D eigenvalue weighted by molar-refractivity contribution is 5.93. The number of nitrogens with zero attached hydrogens (tertiary/aromatic N) is 2. The van der Waals surface area contributed by atoms with Crippen molar-refractivity contribution in [2.24, 2.45) is 0 Å². The first-order chi connectivity index (χ1) is 18.7. The Bertz CT molecular complexity index is 1290. The third-order valence-corrected chi connectivity index (χ3v) is 8.31. The number of aromatic nitrogens is 1. The Labute approximate surface area is 231 Å². The zero-order chi connectivity index (χ0) is 27.6. The minimum atomic E-state index is -1.02. The van der Waals surface area contributed by atoms with Gasteiger partial charge in [0.25, 0.3) is 5.91 Å². The first kappa shape index (κ1) is 27.2. The number of pyridine rings is 1. The fourth-order valence-electron chi connectivity index (χ4n) is 6.24. The summed E-state index contributed by atoms with van der Waals surface area (Å²) in [6.45, 7) is 8.35. The summed E-state index contributed by atoms with van der Waals surface area (Å²) in [4.78, 5) is 33.8. The van der Waals surface area contributed by atoms with E-state index in [-0.39, 0.29) is 24.0 Å². The van der Waals surface area contributed by atoms with Gasteiger partial charge in [0.05, 0.1) is 5.54 Å². The fourth-order valence-corrected chi connectivity index (χ4v) is 6.24. The highest BCUT2D eigenvalue weighted by atomic mass is 16.8. The smallest absolute Gasteiger partial charge is 0.255 e. The van der Waals surface area contributed by atoms with Crippen molar-refractivity contribution in [2.75, 3.05) is 6.54 Å². The second-order valence-corrected chi connectivity index (χ2v) is 11.3. The molecular formula is C33H38N2O4. The molecule has 0 bridgehead atoms. The zero-order valence-electron chi connectivity index (χ0n) is 23.3. The standard InChI is InChI=1S/C33H38N2O4/c1-5-33(27-10-7-6-8-11-27)18-9-21-35(33)31(37)30-29(38-32(3,4)39-30)28(36)22-23(2)24-12-14-25(15-13-24)26-16-19-34-20-17-26/h6-8,10-17,19-20,23,29-30H,5,9,18,21-22H2,1-4H3/t23-,29-,30+,33?/m0/s1. The fraction of sp³-hybridized carbons (Fsp3) is 0.424. The number of ketones is 1. The summed E-state index contributed by atoms with van der Waals surface area (Å²) in [6, 6.07) is 22.4. The van der Waals surface area contributed by atoms with Crippen LogP contribution in [0.15, 0.2) is 79.1 Å². The second-order valence-electron chi connectivity index (χ2n) is 11.3. The number of benzene rings is 2. The number of hydrogen-bond donors (Lipinski definition) is 0. The largest absolute Gasteiger partial charge is 0.336 e. The number of Topliss-reactive ketones (excluding diaryl/α,β-unsaturated/α-hetero) is 1. The van der Waals surface area contributed by atoms with Crippen molar-refractivity contribution in [2.45, 2.75) is 82.8 Å². The maximum atomic E-state index is 14.1. The summed E-state index contributed by atoms with van der Waals surface area (Å²) in [7, 11) is 0. The van der Waals surface area contributed by atoms with E-state index in [1.165, 1.54) is 0 Å². The molecule has 39 heavy (non-hydrogen) atoms. The van der Waals surface area contributed by atoms with Gasteiger partial charge in [-0.1, -0.05) is 68.4 Å². The van der Waals surface area contributed by atoms with Crippen LogP contribution >= 0.6 is 0 Å². The van der Waals surface area contributed by atoms with Gasteiger partial charge in [0.1, 0.15) is 0 Å². The Morgan fingerprint density at radius 1 is 0.949 bits per heavy atom. The highest BCUT2D eigenvalue weighted by Crippen LogP contribution is 2.43. The number of likely N-dealkylation sites (tertiary alicyclic amines) is 1. The number of amides is 1. The molecule has 3 heterocycles. The average Bonchev–Trinajstić information content (AvgIpc) is 3.55. The molecule has 6 nitrogen and oxygen atoms in total. The van der Waals surface area contributed by atoms with Crippen LogP contribution in [-0.2, 0) is 24.6 Å². The first-order valence-corrected chi connectivity index (χ1v) is 14.0. The molecule has 0 saturated carbocycles. The molecule has 5 rings (SSSR count). The van der Waals surface area contributed by atoms with Gasteiger partial charge in [-0.15, -0.1) is 0 Å². The molecule has 2 aliphatic rings. The maximum Gasteiger partial charge on any atom is 0.255 e. The molecule has 1 amide bonds. The average molecular weight is 527 g/mol. The van der Waals surface area contributed by atoms with Crippen molar-refractivity contribution in [1.82, 2.24) is 9.88 Å². The summed E-state index contributed by atoms with van der Waals surface area (Å²) >= 11 is 0. The summed E-state index contributed by atoms with van der Waals surface area (Å²) in [5.41, 5.74) is 3.99. The summed E-state index contributed by atoms with van der Waals surface area (Å²) < 4.78 is 12.2. The molecule has 0 spiro atoms. The first-order valence-electron chi connectivity index (χ1n) is 14.0. The second kappa shape index (κ2) is 11.0. The Morgan fingerprint density at radius 3 is 2.26 bits per heavy atom. The molecule has 204 valence electrons. The van der Waals surface area contributed by atoms with Crippen LogP contribution in [0.4, 0.5) is 0 Å². The van der Waals surface area contributed by atoms with E-state index in [1.54, 1.807) is 26.2 Å². The van der Waals surface area contributed by atoms with Gasteiger partial charge in [-0.2, -0.15) is 0 Å². The minimum Gasteiger partial charge on any atom is -0.336 e. The van der Waals surface area contributed by atoms with Gasteiger partial charge in [-0.3, -0.25) is 14.6 Å². The predicted molar refractivity (Wildman–Crippen MR) is 151 cm³/mol. The quantitative estimate of drug-likeness (QED) is 0.347. The number of hydrogen-bond acceptors (Lipinski definition) is 5. The Kier molecular flexibility index (Phi) is 7.70. The SMILES string of the molecule is CCC1(c2ccccc2)CCCN1C(=O)[C@@H]1OC(C)(C)O[C@H]1C(=O)C[C@H](C)c1ccc(-c2ccncc2)cc1. The molecular weight excluding hydrogens is 488 g/mol. The van der Waals surface area contributed by atoms with Crippen LogP contribution in [0.5, 0.6) is 0 Å². The van der Waals surface area contributed by atoms with E-state index in [2.05, 4.69) is 48.3 Å². The third kappa shape index (κ3) is 5.41. The number of rotatable bonds is 8. The van der Waals surface area contributed by atoms with Crippen molar-refractivity contribution in [3.8, 4) is 11.1 Å². The van der Waals surface area contributed by atoms with Crippen molar-refractivity contribution in [1.29, 1.82) is 0 Å². The van der Waals surface area contributed by atoms with Crippen LogP contribution < -0.4 is 0 Å². The van der Waals surface area contributed by atoms with Gasteiger partial charge in [0.15, 0.2) is 23.8 Å². The molecule has 0 N–H and O–H groups in total. The lowest BCUT2D eigenvalue weighted by molar-refractivity contribution is -0.165. The molecule has 4 atom stereocenters. The van der Waals surface area contributed by atoms with Gasteiger partial charge < -0.3 is 14.4 Å². The van der Waals surface area contributed by atoms with E-state index in [0.29, 0.717) is 6.54 Å². The van der Waals surface area contributed by atoms with Crippen LogP contribution in [0, 0.1) is 0 Å². The molecule has 2 fully saturated rings. The molecule has 3 aromatic rings. The van der Waals surface area contributed by atoms with E-state index in [9.17, 15) is 9.59 Å². The van der Waals surface area contributed by atoms with E-state index in [0.717, 1.165) is 41.5 Å². The molecule has 2 aliphatic heterocycles. The topological polar surface area (TPSA) is 68.7 Å². The zero-order valence-corrected chi connectivity index (χ0v) is 23.3. The van der Waals surface area contributed by atoms with Crippen LogP contribution in [-0.4, -0.2) is 46.1 Å². The minimum absolute atomic E-state index is 0.0297. The third-order valence-electron chi connectivity index (χ3n) is 8.31. The van der Waals surface area contributed by atoms with Gasteiger partial charge in [0.2, 0.25) is 0 Å². The lowest BCUT2D eigenvalue weighted by Gasteiger charge is -2.40. The summed E-state index contributed by atoms with van der Waals surface area (Å²) in [5, 5.41) is 0. The van der Waals surface area contributed by atoms with Crippen molar-refractivity contribution < 1.29 is 19.1 Å². The summed E-state index contributed by atoms with van der Waals surface area (Å²) in [6.07, 6.45) is 4.53. The van der Waals surface area contributed by atoms with E-state index < -0.39 is 23.5 Å². The number of ether oxygens (including phenoxy) is 2. The van der Waals surface area contributed by atoms with Gasteiger partial charge in [-0.05, 0) is 73.4 Å². The molecule has 2 aromatic carbocycles. The normalized spacial score (nSPS) is 25.0. The maximum absolute atomic E-state index is 14.1.